The van der Waals surface area contributed by atoms with Crippen LogP contribution in [0, 0.1) is 0 Å². The number of carboxylic acid groups (broad SMARTS) is 1. The topological polar surface area (TPSA) is 42.2 Å². The highest BCUT2D eigenvalue weighted by Crippen LogP contribution is 2.29. The van der Waals surface area contributed by atoms with E-state index in [4.69, 9.17) is 5.11 Å². The standard InChI is InChI=1S/C18H25NO2/c1-5-6-7-13-11-19(12-17(20)21)16-9-8-14(10-15(13)16)18(2,3)4/h8-11H,5-7,12H2,1-4H3,(H,20,21). The Balaban J connectivity index is 2.55. The molecule has 21 heavy (non-hydrogen) atoms. The minimum absolute atomic E-state index is 0.0253. The molecule has 0 saturated heterocycles. The number of aryl methyl sites for hydroxylation is 1. The van der Waals surface area contributed by atoms with Gasteiger partial charge in [-0.1, -0.05) is 40.2 Å². The van der Waals surface area contributed by atoms with Gasteiger partial charge in [-0.2, -0.15) is 0 Å². The highest BCUT2D eigenvalue weighted by atomic mass is 16.4. The van der Waals surface area contributed by atoms with Crippen molar-refractivity contribution >= 4 is 16.9 Å². The van der Waals surface area contributed by atoms with Crippen LogP contribution in [0.1, 0.15) is 51.7 Å². The molecule has 0 aliphatic heterocycles. The van der Waals surface area contributed by atoms with Gasteiger partial charge in [0.1, 0.15) is 6.54 Å². The minimum atomic E-state index is -0.797. The first kappa shape index (κ1) is 15.6. The van der Waals surface area contributed by atoms with Gasteiger partial charge in [0.15, 0.2) is 0 Å². The molecule has 0 saturated carbocycles. The van der Waals surface area contributed by atoms with Gasteiger partial charge in [-0.05, 0) is 41.5 Å². The number of unbranched alkanes of at least 4 members (excludes halogenated alkanes) is 1. The molecule has 0 spiro atoms. The van der Waals surface area contributed by atoms with Gasteiger partial charge in [-0.3, -0.25) is 4.79 Å². The van der Waals surface area contributed by atoms with E-state index < -0.39 is 5.97 Å². The summed E-state index contributed by atoms with van der Waals surface area (Å²) in [5.41, 5.74) is 3.68. The van der Waals surface area contributed by atoms with Crippen molar-refractivity contribution in [3.8, 4) is 0 Å². The Bertz CT molecular complexity index is 647. The number of nitrogens with zero attached hydrogens (tertiary/aromatic N) is 1. The lowest BCUT2D eigenvalue weighted by atomic mass is 9.86. The van der Waals surface area contributed by atoms with Crippen LogP contribution >= 0.6 is 0 Å². The van der Waals surface area contributed by atoms with Gasteiger partial charge in [-0.15, -0.1) is 0 Å². The van der Waals surface area contributed by atoms with Crippen LogP contribution < -0.4 is 0 Å². The largest absolute Gasteiger partial charge is 0.480 e. The first-order valence-electron chi connectivity index (χ1n) is 7.67. The van der Waals surface area contributed by atoms with Crippen molar-refractivity contribution in [2.75, 3.05) is 0 Å². The number of carboxylic acids is 1. The number of benzene rings is 1. The molecule has 1 aromatic heterocycles. The van der Waals surface area contributed by atoms with Crippen molar-refractivity contribution in [3.63, 3.8) is 0 Å². The number of hydrogen-bond donors (Lipinski definition) is 1. The van der Waals surface area contributed by atoms with E-state index in [-0.39, 0.29) is 12.0 Å². The molecule has 2 aromatic rings. The molecule has 0 bridgehead atoms. The fraction of sp³-hybridized carbons (Fsp3) is 0.500. The monoisotopic (exact) mass is 287 g/mol. The summed E-state index contributed by atoms with van der Waals surface area (Å²) in [7, 11) is 0. The number of aromatic nitrogens is 1. The van der Waals surface area contributed by atoms with Gasteiger partial charge in [-0.25, -0.2) is 0 Å². The third kappa shape index (κ3) is 3.46. The molecule has 1 N–H and O–H groups in total. The third-order valence-corrected chi connectivity index (χ3v) is 3.93. The second-order valence-electron chi connectivity index (χ2n) is 6.76. The molecule has 0 unspecified atom stereocenters. The summed E-state index contributed by atoms with van der Waals surface area (Å²) in [6.45, 7) is 8.81. The van der Waals surface area contributed by atoms with Crippen molar-refractivity contribution in [1.82, 2.24) is 4.57 Å². The van der Waals surface area contributed by atoms with Crippen LogP contribution in [0.3, 0.4) is 0 Å². The van der Waals surface area contributed by atoms with Crippen molar-refractivity contribution in [3.05, 3.63) is 35.5 Å². The molecule has 0 radical (unpaired) electrons. The maximum absolute atomic E-state index is 11.0. The second-order valence-corrected chi connectivity index (χ2v) is 6.76. The zero-order valence-electron chi connectivity index (χ0n) is 13.4. The number of aliphatic carboxylic acids is 1. The Morgan fingerprint density at radius 2 is 2.00 bits per heavy atom. The van der Waals surface area contributed by atoms with Crippen LogP contribution in [0.25, 0.3) is 10.9 Å². The maximum atomic E-state index is 11.0. The lowest BCUT2D eigenvalue weighted by Crippen LogP contribution is -2.11. The fourth-order valence-electron chi connectivity index (χ4n) is 2.68. The van der Waals surface area contributed by atoms with E-state index >= 15 is 0 Å². The zero-order chi connectivity index (χ0) is 15.6. The summed E-state index contributed by atoms with van der Waals surface area (Å²) in [4.78, 5) is 11.0. The highest BCUT2D eigenvalue weighted by Gasteiger charge is 2.17. The Labute approximate surface area is 126 Å². The molecule has 2 rings (SSSR count). The van der Waals surface area contributed by atoms with E-state index in [2.05, 4.69) is 45.9 Å². The normalized spacial score (nSPS) is 12.0. The Kier molecular flexibility index (Phi) is 4.40. The van der Waals surface area contributed by atoms with Crippen LogP contribution in [-0.4, -0.2) is 15.6 Å². The van der Waals surface area contributed by atoms with E-state index in [1.54, 1.807) is 0 Å². The minimum Gasteiger partial charge on any atom is -0.480 e. The summed E-state index contributed by atoms with van der Waals surface area (Å²) < 4.78 is 1.86. The van der Waals surface area contributed by atoms with Gasteiger partial charge in [0.05, 0.1) is 0 Å². The summed E-state index contributed by atoms with van der Waals surface area (Å²) >= 11 is 0. The lowest BCUT2D eigenvalue weighted by Gasteiger charge is -2.19. The van der Waals surface area contributed by atoms with Gasteiger partial charge >= 0.3 is 5.97 Å². The maximum Gasteiger partial charge on any atom is 0.323 e. The molecule has 3 nitrogen and oxygen atoms in total. The summed E-state index contributed by atoms with van der Waals surface area (Å²) in [6, 6.07) is 6.41. The molecule has 0 fully saturated rings. The third-order valence-electron chi connectivity index (χ3n) is 3.93. The SMILES string of the molecule is CCCCc1cn(CC(=O)O)c2ccc(C(C)(C)C)cc12. The molecule has 1 aromatic carbocycles. The predicted molar refractivity (Wildman–Crippen MR) is 86.9 cm³/mol. The molecule has 1 heterocycles. The van der Waals surface area contributed by atoms with Crippen molar-refractivity contribution < 1.29 is 9.90 Å². The number of hydrogen-bond acceptors (Lipinski definition) is 1. The van der Waals surface area contributed by atoms with E-state index in [9.17, 15) is 4.79 Å². The van der Waals surface area contributed by atoms with Gasteiger partial charge in [0.2, 0.25) is 0 Å². The predicted octanol–water partition coefficient (Wildman–Crippen LogP) is 4.37. The summed E-state index contributed by atoms with van der Waals surface area (Å²) in [5.74, 6) is -0.797. The van der Waals surface area contributed by atoms with E-state index in [1.807, 2.05) is 10.8 Å². The molecular weight excluding hydrogens is 262 g/mol. The molecule has 0 aliphatic rings. The van der Waals surface area contributed by atoms with Crippen LogP contribution in [0.5, 0.6) is 0 Å². The molecular formula is C18H25NO2. The molecule has 0 atom stereocenters. The Morgan fingerprint density at radius 1 is 1.29 bits per heavy atom. The molecule has 0 aliphatic carbocycles. The lowest BCUT2D eigenvalue weighted by molar-refractivity contribution is -0.137. The first-order valence-corrected chi connectivity index (χ1v) is 7.67. The van der Waals surface area contributed by atoms with Crippen LogP contribution in [0.15, 0.2) is 24.4 Å². The zero-order valence-corrected chi connectivity index (χ0v) is 13.4. The highest BCUT2D eigenvalue weighted by molar-refractivity contribution is 5.86. The number of carbonyl (C=O) groups is 1. The van der Waals surface area contributed by atoms with E-state index in [0.717, 1.165) is 24.8 Å². The Hall–Kier alpha value is -1.77. The van der Waals surface area contributed by atoms with Crippen LogP contribution in [0.4, 0.5) is 0 Å². The van der Waals surface area contributed by atoms with Crippen molar-refractivity contribution in [2.24, 2.45) is 0 Å². The van der Waals surface area contributed by atoms with Crippen LogP contribution in [0.2, 0.25) is 0 Å². The van der Waals surface area contributed by atoms with Gasteiger partial charge in [0.25, 0.3) is 0 Å². The van der Waals surface area contributed by atoms with E-state index in [0.29, 0.717) is 0 Å². The Morgan fingerprint density at radius 3 is 2.57 bits per heavy atom. The second kappa shape index (κ2) is 5.92. The van der Waals surface area contributed by atoms with Gasteiger partial charge < -0.3 is 9.67 Å². The molecule has 0 amide bonds. The number of rotatable bonds is 5. The summed E-state index contributed by atoms with van der Waals surface area (Å²) in [6.07, 6.45) is 5.30. The average molecular weight is 287 g/mol. The van der Waals surface area contributed by atoms with E-state index in [1.165, 1.54) is 16.5 Å². The van der Waals surface area contributed by atoms with Crippen LogP contribution in [-0.2, 0) is 23.2 Å². The number of fused-ring (bicyclic) bond motifs is 1. The quantitative estimate of drug-likeness (QED) is 0.887. The molecule has 114 valence electrons. The van der Waals surface area contributed by atoms with Crippen molar-refractivity contribution in [1.29, 1.82) is 0 Å². The fourth-order valence-corrected chi connectivity index (χ4v) is 2.68. The molecule has 3 heteroatoms. The first-order chi connectivity index (χ1) is 9.82. The van der Waals surface area contributed by atoms with Gasteiger partial charge in [0, 0.05) is 17.1 Å². The van der Waals surface area contributed by atoms with Crippen molar-refractivity contribution in [2.45, 2.75) is 58.9 Å². The summed E-state index contributed by atoms with van der Waals surface area (Å²) in [5, 5.41) is 10.3. The smallest absolute Gasteiger partial charge is 0.323 e. The average Bonchev–Trinajstić information content (AvgIpc) is 2.72.